The number of aromatic nitrogens is 4. The van der Waals surface area contributed by atoms with E-state index in [4.69, 9.17) is 4.52 Å². The Morgan fingerprint density at radius 2 is 1.93 bits per heavy atom. The van der Waals surface area contributed by atoms with Crippen molar-refractivity contribution < 1.29 is 4.52 Å². The van der Waals surface area contributed by atoms with Crippen LogP contribution in [0, 0.1) is 20.8 Å². The van der Waals surface area contributed by atoms with Gasteiger partial charge in [0.2, 0.25) is 0 Å². The summed E-state index contributed by atoms with van der Waals surface area (Å²) in [7, 11) is 0. The first-order valence-electron chi connectivity index (χ1n) is 4.67. The Balaban J connectivity index is 2.18. The van der Waals surface area contributed by atoms with E-state index in [0.717, 1.165) is 17.2 Å². The lowest BCUT2D eigenvalue weighted by atomic mass is 10.4. The van der Waals surface area contributed by atoms with E-state index in [1.807, 2.05) is 19.9 Å². The van der Waals surface area contributed by atoms with Crippen LogP contribution >= 0.6 is 0 Å². The minimum absolute atomic E-state index is 0.485. The summed E-state index contributed by atoms with van der Waals surface area (Å²) in [6, 6.07) is 0. The standard InChI is InChI=1S/C10H12N4O/c1-6-7(2)12-9(11-6)4-5-10-13-8(3)14-15-10/h4-5H,1-3H3,(H,11,12)/b5-4+. The molecule has 0 radical (unpaired) electrons. The van der Waals surface area contributed by atoms with Gasteiger partial charge in [0, 0.05) is 11.8 Å². The molecule has 0 aliphatic heterocycles. The quantitative estimate of drug-likeness (QED) is 0.811. The molecule has 2 aromatic rings. The molecule has 0 aromatic carbocycles. The van der Waals surface area contributed by atoms with Gasteiger partial charge in [0.25, 0.3) is 5.89 Å². The van der Waals surface area contributed by atoms with E-state index in [1.165, 1.54) is 0 Å². The van der Waals surface area contributed by atoms with Crippen LogP contribution in [0.4, 0.5) is 0 Å². The molecular weight excluding hydrogens is 192 g/mol. The first-order valence-corrected chi connectivity index (χ1v) is 4.67. The minimum atomic E-state index is 0.485. The van der Waals surface area contributed by atoms with Gasteiger partial charge < -0.3 is 9.51 Å². The lowest BCUT2D eigenvalue weighted by Gasteiger charge is -1.82. The van der Waals surface area contributed by atoms with Crippen molar-refractivity contribution in [2.45, 2.75) is 20.8 Å². The first-order chi connectivity index (χ1) is 7.15. The van der Waals surface area contributed by atoms with Crippen molar-refractivity contribution in [3.8, 4) is 0 Å². The van der Waals surface area contributed by atoms with Crippen LogP contribution < -0.4 is 0 Å². The van der Waals surface area contributed by atoms with Crippen molar-refractivity contribution in [2.75, 3.05) is 0 Å². The molecule has 0 atom stereocenters. The molecule has 2 aromatic heterocycles. The second kappa shape index (κ2) is 3.68. The number of nitrogens with one attached hydrogen (secondary N) is 1. The van der Waals surface area contributed by atoms with Gasteiger partial charge in [-0.1, -0.05) is 5.16 Å². The number of nitrogens with zero attached hydrogens (tertiary/aromatic N) is 3. The fraction of sp³-hybridized carbons (Fsp3) is 0.300. The van der Waals surface area contributed by atoms with Gasteiger partial charge in [0.1, 0.15) is 5.82 Å². The SMILES string of the molecule is Cc1noc(/C=C/c2nc(C)c(C)[nH]2)n1. The molecular formula is C10H12N4O. The van der Waals surface area contributed by atoms with Crippen LogP contribution in [-0.2, 0) is 0 Å². The van der Waals surface area contributed by atoms with Crippen molar-refractivity contribution in [3.05, 3.63) is 28.9 Å². The van der Waals surface area contributed by atoms with Crippen LogP contribution in [0.3, 0.4) is 0 Å². The smallest absolute Gasteiger partial charge is 0.250 e. The van der Waals surface area contributed by atoms with Gasteiger partial charge in [-0.15, -0.1) is 0 Å². The van der Waals surface area contributed by atoms with Crippen LogP contribution in [0.2, 0.25) is 0 Å². The number of H-pyrrole nitrogens is 1. The summed E-state index contributed by atoms with van der Waals surface area (Å²) < 4.78 is 4.93. The molecule has 0 fully saturated rings. The molecule has 15 heavy (non-hydrogen) atoms. The maximum absolute atomic E-state index is 4.93. The molecule has 5 nitrogen and oxygen atoms in total. The van der Waals surface area contributed by atoms with E-state index in [0.29, 0.717) is 11.7 Å². The molecule has 0 unspecified atom stereocenters. The average Bonchev–Trinajstić information content (AvgIpc) is 2.72. The molecule has 0 amide bonds. The van der Waals surface area contributed by atoms with Crippen LogP contribution in [-0.4, -0.2) is 20.1 Å². The number of hydrogen-bond donors (Lipinski definition) is 1. The van der Waals surface area contributed by atoms with Crippen LogP contribution in [0.25, 0.3) is 12.2 Å². The summed E-state index contributed by atoms with van der Waals surface area (Å²) in [5.74, 6) is 1.90. The number of aromatic amines is 1. The monoisotopic (exact) mass is 204 g/mol. The second-order valence-corrected chi connectivity index (χ2v) is 3.35. The predicted molar refractivity (Wildman–Crippen MR) is 56.0 cm³/mol. The zero-order chi connectivity index (χ0) is 10.8. The third-order valence-corrected chi connectivity index (χ3v) is 2.07. The van der Waals surface area contributed by atoms with Crippen molar-refractivity contribution in [1.82, 2.24) is 20.1 Å². The molecule has 2 heterocycles. The van der Waals surface area contributed by atoms with Gasteiger partial charge in [-0.05, 0) is 26.8 Å². The summed E-state index contributed by atoms with van der Waals surface area (Å²) in [6.07, 6.45) is 3.55. The molecule has 0 aliphatic rings. The number of imidazole rings is 1. The van der Waals surface area contributed by atoms with Gasteiger partial charge in [-0.2, -0.15) is 4.98 Å². The Kier molecular flexibility index (Phi) is 2.37. The molecule has 5 heteroatoms. The van der Waals surface area contributed by atoms with E-state index in [2.05, 4.69) is 20.1 Å². The third-order valence-electron chi connectivity index (χ3n) is 2.07. The van der Waals surface area contributed by atoms with Gasteiger partial charge in [0.15, 0.2) is 5.82 Å². The Bertz CT molecular complexity index is 476. The molecule has 0 saturated carbocycles. The molecule has 2 rings (SSSR count). The summed E-state index contributed by atoms with van der Waals surface area (Å²) in [5, 5.41) is 3.68. The maximum Gasteiger partial charge on any atom is 0.250 e. The normalized spacial score (nSPS) is 11.4. The largest absolute Gasteiger partial charge is 0.342 e. The van der Waals surface area contributed by atoms with Crippen LogP contribution in [0.1, 0.15) is 28.9 Å². The van der Waals surface area contributed by atoms with Gasteiger partial charge in [0.05, 0.1) is 5.69 Å². The maximum atomic E-state index is 4.93. The minimum Gasteiger partial charge on any atom is -0.342 e. The van der Waals surface area contributed by atoms with Crippen LogP contribution in [0.5, 0.6) is 0 Å². The topological polar surface area (TPSA) is 67.6 Å². The average molecular weight is 204 g/mol. The summed E-state index contributed by atoms with van der Waals surface area (Å²) >= 11 is 0. The van der Waals surface area contributed by atoms with Crippen molar-refractivity contribution >= 4 is 12.2 Å². The van der Waals surface area contributed by atoms with E-state index in [-0.39, 0.29) is 0 Å². The Labute approximate surface area is 87.2 Å². The summed E-state index contributed by atoms with van der Waals surface area (Å²) in [6.45, 7) is 5.72. The number of rotatable bonds is 2. The Hall–Kier alpha value is -1.91. The molecule has 0 bridgehead atoms. The first kappa shape index (κ1) is 9.64. The number of aryl methyl sites for hydroxylation is 3. The molecule has 1 N–H and O–H groups in total. The fourth-order valence-electron chi connectivity index (χ4n) is 1.19. The lowest BCUT2D eigenvalue weighted by Crippen LogP contribution is -1.76. The second-order valence-electron chi connectivity index (χ2n) is 3.35. The van der Waals surface area contributed by atoms with E-state index in [9.17, 15) is 0 Å². The molecule has 0 aliphatic carbocycles. The summed E-state index contributed by atoms with van der Waals surface area (Å²) in [4.78, 5) is 11.5. The zero-order valence-corrected chi connectivity index (χ0v) is 8.90. The Morgan fingerprint density at radius 3 is 2.47 bits per heavy atom. The van der Waals surface area contributed by atoms with Crippen molar-refractivity contribution in [3.63, 3.8) is 0 Å². The van der Waals surface area contributed by atoms with Gasteiger partial charge in [-0.25, -0.2) is 4.98 Å². The number of hydrogen-bond acceptors (Lipinski definition) is 4. The molecule has 0 spiro atoms. The van der Waals surface area contributed by atoms with Gasteiger partial charge >= 0.3 is 0 Å². The van der Waals surface area contributed by atoms with E-state index >= 15 is 0 Å². The van der Waals surface area contributed by atoms with Crippen LogP contribution in [0.15, 0.2) is 4.52 Å². The lowest BCUT2D eigenvalue weighted by molar-refractivity contribution is 0.405. The van der Waals surface area contributed by atoms with Gasteiger partial charge in [-0.3, -0.25) is 0 Å². The molecule has 78 valence electrons. The summed E-state index contributed by atoms with van der Waals surface area (Å²) in [5.41, 5.74) is 2.06. The third kappa shape index (κ3) is 2.12. The van der Waals surface area contributed by atoms with Crippen molar-refractivity contribution in [2.24, 2.45) is 0 Å². The zero-order valence-electron chi connectivity index (χ0n) is 8.90. The Morgan fingerprint density at radius 1 is 1.13 bits per heavy atom. The highest BCUT2D eigenvalue weighted by Crippen LogP contribution is 2.06. The predicted octanol–water partition coefficient (Wildman–Crippen LogP) is 1.89. The van der Waals surface area contributed by atoms with Crippen molar-refractivity contribution in [1.29, 1.82) is 0 Å². The highest BCUT2D eigenvalue weighted by molar-refractivity contribution is 5.62. The highest BCUT2D eigenvalue weighted by atomic mass is 16.5. The highest BCUT2D eigenvalue weighted by Gasteiger charge is 2.00. The van der Waals surface area contributed by atoms with E-state index < -0.39 is 0 Å². The molecule has 0 saturated heterocycles. The van der Waals surface area contributed by atoms with E-state index in [1.54, 1.807) is 13.0 Å². The fourth-order valence-corrected chi connectivity index (χ4v) is 1.19.